The van der Waals surface area contributed by atoms with E-state index in [0.29, 0.717) is 34.7 Å². The van der Waals surface area contributed by atoms with Crippen molar-refractivity contribution in [2.45, 2.75) is 32.4 Å². The Kier molecular flexibility index (Phi) is 7.78. The Balaban J connectivity index is 1.72. The number of carbonyl (C=O) groups excluding carboxylic acids is 3. The Morgan fingerprint density at radius 2 is 1.78 bits per heavy atom. The van der Waals surface area contributed by atoms with Crippen LogP contribution in [0.4, 0.5) is 10.2 Å². The van der Waals surface area contributed by atoms with Crippen LogP contribution in [-0.4, -0.2) is 40.1 Å². The Morgan fingerprint density at radius 3 is 2.44 bits per heavy atom. The monoisotopic (exact) mass is 551 g/mol. The second kappa shape index (κ2) is 11.6. The molecular formula is C32H30FN5O3. The van der Waals surface area contributed by atoms with Crippen molar-refractivity contribution in [3.05, 3.63) is 125 Å². The number of hydrogen-bond acceptors (Lipinski definition) is 4. The molecule has 3 amide bonds. The van der Waals surface area contributed by atoms with Gasteiger partial charge < -0.3 is 10.6 Å². The molecule has 0 fully saturated rings. The van der Waals surface area contributed by atoms with Crippen molar-refractivity contribution in [1.82, 2.24) is 20.4 Å². The zero-order valence-corrected chi connectivity index (χ0v) is 22.8. The van der Waals surface area contributed by atoms with Gasteiger partial charge in [-0.15, -0.1) is 0 Å². The molecule has 0 saturated heterocycles. The van der Waals surface area contributed by atoms with E-state index in [1.165, 1.54) is 18.2 Å². The minimum atomic E-state index is -1.02. The van der Waals surface area contributed by atoms with Gasteiger partial charge in [0.15, 0.2) is 0 Å². The van der Waals surface area contributed by atoms with Crippen molar-refractivity contribution in [3.63, 3.8) is 0 Å². The first-order valence-corrected chi connectivity index (χ1v) is 13.3. The van der Waals surface area contributed by atoms with Gasteiger partial charge in [0.25, 0.3) is 11.8 Å². The summed E-state index contributed by atoms with van der Waals surface area (Å²) in [7, 11) is 0. The summed E-state index contributed by atoms with van der Waals surface area (Å²) in [6.07, 6.45) is 1.17. The van der Waals surface area contributed by atoms with Gasteiger partial charge in [-0.2, -0.15) is 5.10 Å². The number of nitrogens with zero attached hydrogens (tertiary/aromatic N) is 3. The number of halogens is 1. The lowest BCUT2D eigenvalue weighted by atomic mass is 9.80. The molecule has 0 radical (unpaired) electrons. The summed E-state index contributed by atoms with van der Waals surface area (Å²) in [5.41, 5.74) is 3.83. The van der Waals surface area contributed by atoms with Gasteiger partial charge in [-0.1, -0.05) is 54.6 Å². The Labute approximate surface area is 237 Å². The van der Waals surface area contributed by atoms with Gasteiger partial charge in [-0.25, -0.2) is 9.07 Å². The summed E-state index contributed by atoms with van der Waals surface area (Å²) in [6.45, 7) is 7.61. The van der Waals surface area contributed by atoms with Crippen LogP contribution >= 0.6 is 0 Å². The molecule has 9 heteroatoms. The van der Waals surface area contributed by atoms with Crippen molar-refractivity contribution < 1.29 is 18.8 Å². The lowest BCUT2D eigenvalue weighted by Crippen LogP contribution is -2.55. The maximum absolute atomic E-state index is 14.2. The van der Waals surface area contributed by atoms with Gasteiger partial charge in [-0.3, -0.25) is 19.3 Å². The van der Waals surface area contributed by atoms with Crippen molar-refractivity contribution in [2.75, 3.05) is 11.4 Å². The summed E-state index contributed by atoms with van der Waals surface area (Å²) in [5.74, 6) is -1.73. The highest BCUT2D eigenvalue weighted by atomic mass is 19.1. The molecule has 5 rings (SSSR count). The number of anilines is 1. The molecule has 2 unspecified atom stereocenters. The molecule has 4 aromatic rings. The van der Waals surface area contributed by atoms with Crippen LogP contribution in [-0.2, 0) is 16.1 Å². The number of carbonyl (C=O) groups is 3. The van der Waals surface area contributed by atoms with Crippen LogP contribution in [0, 0.1) is 12.7 Å². The molecule has 1 aliphatic rings. The molecule has 0 spiro atoms. The molecule has 2 atom stereocenters. The minimum Gasteiger partial charge on any atom is -0.347 e. The number of nitrogens with one attached hydrogen (secondary N) is 2. The molecule has 0 saturated carbocycles. The van der Waals surface area contributed by atoms with E-state index in [2.05, 4.69) is 17.2 Å². The Bertz CT molecular complexity index is 1610. The number of hydrogen-bond donors (Lipinski definition) is 2. The molecule has 2 heterocycles. The summed E-state index contributed by atoms with van der Waals surface area (Å²) in [5, 5.41) is 10.6. The Morgan fingerprint density at radius 1 is 1.05 bits per heavy atom. The highest BCUT2D eigenvalue weighted by Gasteiger charge is 2.46. The van der Waals surface area contributed by atoms with E-state index in [0.717, 1.165) is 11.3 Å². The van der Waals surface area contributed by atoms with Crippen LogP contribution in [0.5, 0.6) is 0 Å². The molecule has 0 aliphatic carbocycles. The van der Waals surface area contributed by atoms with E-state index >= 15 is 0 Å². The van der Waals surface area contributed by atoms with E-state index in [4.69, 9.17) is 5.10 Å². The predicted molar refractivity (Wildman–Crippen MR) is 154 cm³/mol. The molecular weight excluding hydrogens is 521 g/mol. The largest absolute Gasteiger partial charge is 0.347 e. The summed E-state index contributed by atoms with van der Waals surface area (Å²) >= 11 is 0. The van der Waals surface area contributed by atoms with E-state index in [-0.39, 0.29) is 18.4 Å². The van der Waals surface area contributed by atoms with Crippen LogP contribution in [0.15, 0.2) is 91.5 Å². The topological polar surface area (TPSA) is 96.3 Å². The number of likely N-dealkylation sites (N-methyl/N-ethyl adjacent to an activating group) is 1. The average molecular weight is 552 g/mol. The first-order valence-electron chi connectivity index (χ1n) is 13.3. The summed E-state index contributed by atoms with van der Waals surface area (Å²) < 4.78 is 15.7. The minimum absolute atomic E-state index is 0.0506. The van der Waals surface area contributed by atoms with E-state index in [1.54, 1.807) is 39.9 Å². The first-order chi connectivity index (χ1) is 19.8. The second-order valence-corrected chi connectivity index (χ2v) is 9.79. The lowest BCUT2D eigenvalue weighted by Gasteiger charge is -2.38. The smallest absolute Gasteiger partial charge is 0.251 e. The lowest BCUT2D eigenvalue weighted by molar-refractivity contribution is -0.121. The number of para-hydroxylation sites is 1. The number of aromatic nitrogens is 2. The van der Waals surface area contributed by atoms with Crippen LogP contribution in [0.25, 0.3) is 5.69 Å². The Hall–Kier alpha value is -5.05. The number of benzene rings is 3. The van der Waals surface area contributed by atoms with Crippen LogP contribution in [0.2, 0.25) is 0 Å². The normalized spacial score (nSPS) is 16.2. The third-order valence-electron chi connectivity index (χ3n) is 7.13. The van der Waals surface area contributed by atoms with Gasteiger partial charge in [-0.05, 0) is 61.9 Å². The molecule has 1 aromatic heterocycles. The molecule has 2 N–H and O–H groups in total. The van der Waals surface area contributed by atoms with Crippen LogP contribution in [0.1, 0.15) is 45.6 Å². The summed E-state index contributed by atoms with van der Waals surface area (Å²) in [4.78, 5) is 41.5. The van der Waals surface area contributed by atoms with Gasteiger partial charge in [0, 0.05) is 23.6 Å². The highest BCUT2D eigenvalue weighted by molar-refractivity contribution is 6.05. The number of amides is 3. The van der Waals surface area contributed by atoms with Crippen molar-refractivity contribution >= 4 is 23.5 Å². The number of fused-ring (bicyclic) bond motifs is 1. The first kappa shape index (κ1) is 27.5. The van der Waals surface area contributed by atoms with E-state index in [1.807, 2.05) is 50.2 Å². The predicted octanol–water partition coefficient (Wildman–Crippen LogP) is 4.42. The average Bonchev–Trinajstić information content (AvgIpc) is 3.36. The van der Waals surface area contributed by atoms with Crippen LogP contribution < -0.4 is 15.5 Å². The third-order valence-corrected chi connectivity index (χ3v) is 7.13. The SMILES string of the molecule is C=CC(=O)NCc1nn(-c2ccccc2)c2c1C(c1ccc(F)cc1)C(NC(=O)c1cccc(C)c1)C(=O)N2CC. The number of aryl methyl sites for hydroxylation is 1. The molecule has 3 aromatic carbocycles. The van der Waals surface area contributed by atoms with Gasteiger partial charge in [0.1, 0.15) is 17.7 Å². The molecule has 41 heavy (non-hydrogen) atoms. The fraction of sp³-hybridized carbons (Fsp3) is 0.188. The maximum atomic E-state index is 14.2. The zero-order valence-electron chi connectivity index (χ0n) is 22.8. The fourth-order valence-corrected chi connectivity index (χ4v) is 5.24. The van der Waals surface area contributed by atoms with Crippen molar-refractivity contribution in [1.29, 1.82) is 0 Å². The van der Waals surface area contributed by atoms with Gasteiger partial charge in [0.05, 0.1) is 17.9 Å². The van der Waals surface area contributed by atoms with E-state index < -0.39 is 23.7 Å². The quantitative estimate of drug-likeness (QED) is 0.317. The molecule has 0 bridgehead atoms. The fourth-order valence-electron chi connectivity index (χ4n) is 5.24. The zero-order chi connectivity index (χ0) is 29.1. The molecule has 208 valence electrons. The second-order valence-electron chi connectivity index (χ2n) is 9.79. The molecule has 1 aliphatic heterocycles. The standard InChI is InChI=1S/C32H30FN5O3/c1-4-26(39)34-19-25-28-27(21-14-16-23(33)17-15-21)29(35-30(40)22-11-9-10-20(3)18-22)32(41)37(5-2)31(28)38(36-25)24-12-7-6-8-13-24/h4,6-18,27,29H,1,5,19H2,2-3H3,(H,34,39)(H,35,40). The van der Waals surface area contributed by atoms with Crippen LogP contribution in [0.3, 0.4) is 0 Å². The number of rotatable bonds is 8. The summed E-state index contributed by atoms with van der Waals surface area (Å²) in [6, 6.07) is 21.3. The third kappa shape index (κ3) is 5.38. The molecule has 8 nitrogen and oxygen atoms in total. The highest BCUT2D eigenvalue weighted by Crippen LogP contribution is 2.43. The van der Waals surface area contributed by atoms with Crippen molar-refractivity contribution in [3.8, 4) is 5.69 Å². The van der Waals surface area contributed by atoms with Gasteiger partial charge >= 0.3 is 0 Å². The maximum Gasteiger partial charge on any atom is 0.251 e. The van der Waals surface area contributed by atoms with Crippen molar-refractivity contribution in [2.24, 2.45) is 0 Å². The van der Waals surface area contributed by atoms with Gasteiger partial charge in [0.2, 0.25) is 5.91 Å². The van der Waals surface area contributed by atoms with E-state index in [9.17, 15) is 18.8 Å².